The van der Waals surface area contributed by atoms with E-state index in [2.05, 4.69) is 44.2 Å². The molecule has 0 radical (unpaired) electrons. The molecule has 1 heterocycles. The van der Waals surface area contributed by atoms with Crippen LogP contribution in [0.4, 0.5) is 0 Å². The standard InChI is InChI=1S/C25H32N2O2/c1-4-27-14-18(15(2)26-27)11-17-13-23-22-7-5-16-12-19(28)6-8-20(16)21(22)9-10-25(23,3)24(17)29/h6,8,11-12,14,21-24,28-29H,4-5,7,9-10,13H2,1-3H3/b17-11+/t21-,22+,23+,24+,25-/m0/s1. The number of phenols is 1. The maximum atomic E-state index is 11.4. The maximum absolute atomic E-state index is 11.4. The summed E-state index contributed by atoms with van der Waals surface area (Å²) < 4.78 is 1.97. The Hall–Kier alpha value is -2.07. The van der Waals surface area contributed by atoms with E-state index in [4.69, 9.17) is 0 Å². The van der Waals surface area contributed by atoms with Gasteiger partial charge in [0.15, 0.2) is 0 Å². The summed E-state index contributed by atoms with van der Waals surface area (Å²) in [7, 11) is 0. The summed E-state index contributed by atoms with van der Waals surface area (Å²) in [5.41, 5.74) is 6.10. The number of phenolic OH excluding ortho intramolecular Hbond substituents is 1. The molecule has 4 heteroatoms. The van der Waals surface area contributed by atoms with Gasteiger partial charge in [0, 0.05) is 23.7 Å². The van der Waals surface area contributed by atoms with Crippen LogP contribution in [-0.4, -0.2) is 26.1 Å². The summed E-state index contributed by atoms with van der Waals surface area (Å²) in [5.74, 6) is 2.08. The Kier molecular flexibility index (Phi) is 4.39. The fraction of sp³-hybridized carbons (Fsp3) is 0.560. The van der Waals surface area contributed by atoms with Gasteiger partial charge in [0.1, 0.15) is 5.75 Å². The molecule has 1 aromatic carbocycles. The van der Waals surface area contributed by atoms with E-state index in [1.807, 2.05) is 16.8 Å². The highest BCUT2D eigenvalue weighted by atomic mass is 16.3. The summed E-state index contributed by atoms with van der Waals surface area (Å²) in [6.07, 6.45) is 9.33. The van der Waals surface area contributed by atoms with Crippen LogP contribution in [0.5, 0.6) is 5.75 Å². The Morgan fingerprint density at radius 1 is 1.31 bits per heavy atom. The van der Waals surface area contributed by atoms with Gasteiger partial charge in [-0.2, -0.15) is 5.10 Å². The second-order valence-corrected chi connectivity index (χ2v) is 9.69. The van der Waals surface area contributed by atoms with Gasteiger partial charge < -0.3 is 10.2 Å². The van der Waals surface area contributed by atoms with Gasteiger partial charge in [-0.05, 0) is 98.6 Å². The van der Waals surface area contributed by atoms with E-state index < -0.39 is 0 Å². The van der Waals surface area contributed by atoms with Crippen molar-refractivity contribution >= 4 is 6.08 Å². The van der Waals surface area contributed by atoms with Crippen molar-refractivity contribution in [2.75, 3.05) is 0 Å². The minimum absolute atomic E-state index is 0.0317. The van der Waals surface area contributed by atoms with E-state index in [1.54, 1.807) is 0 Å². The van der Waals surface area contributed by atoms with E-state index in [0.717, 1.165) is 49.9 Å². The van der Waals surface area contributed by atoms with Crippen molar-refractivity contribution in [1.29, 1.82) is 0 Å². The summed E-state index contributed by atoms with van der Waals surface area (Å²) >= 11 is 0. The van der Waals surface area contributed by atoms with E-state index in [0.29, 0.717) is 23.5 Å². The Labute approximate surface area is 173 Å². The van der Waals surface area contributed by atoms with Crippen LogP contribution in [0.2, 0.25) is 0 Å². The van der Waals surface area contributed by atoms with Gasteiger partial charge in [0.05, 0.1) is 11.8 Å². The average Bonchev–Trinajstić information content (AvgIpc) is 3.19. The van der Waals surface area contributed by atoms with E-state index >= 15 is 0 Å². The van der Waals surface area contributed by atoms with Gasteiger partial charge in [0.25, 0.3) is 0 Å². The van der Waals surface area contributed by atoms with Crippen LogP contribution in [-0.2, 0) is 13.0 Å². The van der Waals surface area contributed by atoms with E-state index in [9.17, 15) is 10.2 Å². The van der Waals surface area contributed by atoms with E-state index in [-0.39, 0.29) is 11.5 Å². The van der Waals surface area contributed by atoms with Crippen LogP contribution in [0.15, 0.2) is 30.0 Å². The molecule has 29 heavy (non-hydrogen) atoms. The highest BCUT2D eigenvalue weighted by Gasteiger charge is 2.56. The van der Waals surface area contributed by atoms with Crippen molar-refractivity contribution in [1.82, 2.24) is 9.78 Å². The molecule has 0 aliphatic heterocycles. The molecular weight excluding hydrogens is 360 g/mol. The van der Waals surface area contributed by atoms with Crippen LogP contribution < -0.4 is 0 Å². The number of benzene rings is 1. The first-order valence-electron chi connectivity index (χ1n) is 11.1. The molecule has 3 aliphatic rings. The molecule has 2 fully saturated rings. The SMILES string of the molecule is CCn1cc(/C=C2\C[C@@H]3[C@@H]4CCc5cc(O)ccc5[C@@H]4CC[C@]3(C)[C@@H]2O)c(C)n1. The first kappa shape index (κ1) is 18.9. The van der Waals surface area contributed by atoms with Crippen LogP contribution >= 0.6 is 0 Å². The Morgan fingerprint density at radius 2 is 2.14 bits per heavy atom. The first-order chi connectivity index (χ1) is 13.9. The molecule has 2 N–H and O–H groups in total. The summed E-state index contributed by atoms with van der Waals surface area (Å²) in [6, 6.07) is 5.95. The molecule has 2 saturated carbocycles. The van der Waals surface area contributed by atoms with Gasteiger partial charge in [-0.3, -0.25) is 4.68 Å². The quantitative estimate of drug-likeness (QED) is 0.770. The van der Waals surface area contributed by atoms with Crippen LogP contribution in [0.1, 0.15) is 67.8 Å². The number of hydrogen-bond acceptors (Lipinski definition) is 3. The van der Waals surface area contributed by atoms with E-state index in [1.165, 1.54) is 16.7 Å². The smallest absolute Gasteiger partial charge is 0.115 e. The Bertz CT molecular complexity index is 975. The third-order valence-corrected chi connectivity index (χ3v) is 8.23. The second kappa shape index (κ2) is 6.73. The predicted octanol–water partition coefficient (Wildman–Crippen LogP) is 4.83. The first-order valence-corrected chi connectivity index (χ1v) is 11.1. The van der Waals surface area contributed by atoms with Crippen molar-refractivity contribution in [3.8, 4) is 5.75 Å². The van der Waals surface area contributed by atoms with Gasteiger partial charge >= 0.3 is 0 Å². The van der Waals surface area contributed by atoms with Crippen molar-refractivity contribution in [2.24, 2.45) is 17.3 Å². The molecule has 154 valence electrons. The lowest BCUT2D eigenvalue weighted by molar-refractivity contribution is -0.0158. The molecule has 2 aromatic rings. The lowest BCUT2D eigenvalue weighted by Crippen LogP contribution is -2.44. The third-order valence-electron chi connectivity index (χ3n) is 8.23. The predicted molar refractivity (Wildman–Crippen MR) is 115 cm³/mol. The lowest BCUT2D eigenvalue weighted by Gasteiger charge is -2.49. The molecule has 4 nitrogen and oxygen atoms in total. The molecule has 0 bridgehead atoms. The number of aliphatic hydroxyl groups is 1. The molecule has 5 atom stereocenters. The second-order valence-electron chi connectivity index (χ2n) is 9.69. The van der Waals surface area contributed by atoms with Gasteiger partial charge in [0.2, 0.25) is 0 Å². The van der Waals surface area contributed by atoms with Crippen LogP contribution in [0.25, 0.3) is 6.08 Å². The monoisotopic (exact) mass is 392 g/mol. The van der Waals surface area contributed by atoms with Gasteiger partial charge in [-0.1, -0.05) is 13.0 Å². The maximum Gasteiger partial charge on any atom is 0.115 e. The zero-order valence-electron chi connectivity index (χ0n) is 17.7. The normalized spacial score (nSPS) is 34.7. The van der Waals surface area contributed by atoms with Gasteiger partial charge in [-0.15, -0.1) is 0 Å². The number of aryl methyl sites for hydroxylation is 3. The molecule has 0 unspecified atom stereocenters. The molecule has 0 amide bonds. The molecule has 0 spiro atoms. The summed E-state index contributed by atoms with van der Waals surface area (Å²) in [6.45, 7) is 7.34. The van der Waals surface area contributed by atoms with Crippen LogP contribution in [0, 0.1) is 24.2 Å². The molecule has 3 aliphatic carbocycles. The highest BCUT2D eigenvalue weighted by Crippen LogP contribution is 2.62. The van der Waals surface area contributed by atoms with Crippen LogP contribution in [0.3, 0.4) is 0 Å². The molecule has 0 saturated heterocycles. The van der Waals surface area contributed by atoms with Gasteiger partial charge in [-0.25, -0.2) is 0 Å². The summed E-state index contributed by atoms with van der Waals surface area (Å²) in [4.78, 5) is 0. The molecule has 1 aromatic heterocycles. The Morgan fingerprint density at radius 3 is 2.90 bits per heavy atom. The van der Waals surface area contributed by atoms with Crippen molar-refractivity contribution < 1.29 is 10.2 Å². The molecule has 5 rings (SSSR count). The van der Waals surface area contributed by atoms with Crippen molar-refractivity contribution in [2.45, 2.75) is 71.4 Å². The summed E-state index contributed by atoms with van der Waals surface area (Å²) in [5, 5.41) is 25.8. The largest absolute Gasteiger partial charge is 0.508 e. The number of aromatic nitrogens is 2. The minimum atomic E-state index is -0.362. The average molecular weight is 393 g/mol. The number of aliphatic hydroxyl groups excluding tert-OH is 1. The third kappa shape index (κ3) is 2.87. The Balaban J connectivity index is 1.48. The fourth-order valence-electron chi connectivity index (χ4n) is 6.60. The number of aromatic hydroxyl groups is 1. The fourth-order valence-corrected chi connectivity index (χ4v) is 6.60. The van der Waals surface area contributed by atoms with Crippen molar-refractivity contribution in [3.05, 3.63) is 52.4 Å². The molecular formula is C25H32N2O2. The highest BCUT2D eigenvalue weighted by molar-refractivity contribution is 5.57. The number of rotatable bonds is 2. The number of fused-ring (bicyclic) bond motifs is 5. The number of nitrogens with zero attached hydrogens (tertiary/aromatic N) is 2. The topological polar surface area (TPSA) is 58.3 Å². The van der Waals surface area contributed by atoms with Crippen molar-refractivity contribution in [3.63, 3.8) is 0 Å². The minimum Gasteiger partial charge on any atom is -0.508 e. The zero-order valence-corrected chi connectivity index (χ0v) is 17.7. The zero-order chi connectivity index (χ0) is 20.3. The number of hydrogen-bond donors (Lipinski definition) is 2. The lowest BCUT2D eigenvalue weighted by atomic mass is 9.55.